The lowest BCUT2D eigenvalue weighted by Gasteiger charge is -2.18. The number of carbonyl (C=O) groups is 1. The first kappa shape index (κ1) is 10.8. The number of carboxylic acids is 1. The SMILES string of the molecule is CC(C)(C)OCc1coc(C(=O)O)c1. The van der Waals surface area contributed by atoms with Crippen molar-refractivity contribution in [3.05, 3.63) is 23.7 Å². The largest absolute Gasteiger partial charge is 0.475 e. The summed E-state index contributed by atoms with van der Waals surface area (Å²) in [6.45, 7) is 6.17. The maximum absolute atomic E-state index is 10.5. The highest BCUT2D eigenvalue weighted by molar-refractivity contribution is 5.84. The van der Waals surface area contributed by atoms with Gasteiger partial charge >= 0.3 is 5.97 Å². The Morgan fingerprint density at radius 1 is 1.57 bits per heavy atom. The summed E-state index contributed by atoms with van der Waals surface area (Å²) in [5.41, 5.74) is 0.498. The minimum atomic E-state index is -1.06. The zero-order valence-corrected chi connectivity index (χ0v) is 8.53. The number of carboxylic acid groups (broad SMARTS) is 1. The van der Waals surface area contributed by atoms with Gasteiger partial charge in [-0.25, -0.2) is 4.79 Å². The van der Waals surface area contributed by atoms with E-state index in [-0.39, 0.29) is 11.4 Å². The van der Waals surface area contributed by atoms with E-state index in [0.29, 0.717) is 6.61 Å². The van der Waals surface area contributed by atoms with Gasteiger partial charge in [-0.1, -0.05) is 0 Å². The van der Waals surface area contributed by atoms with Crippen LogP contribution in [0.3, 0.4) is 0 Å². The molecule has 1 heterocycles. The van der Waals surface area contributed by atoms with E-state index in [1.165, 1.54) is 12.3 Å². The van der Waals surface area contributed by atoms with Gasteiger partial charge < -0.3 is 14.3 Å². The second-order valence-corrected chi connectivity index (χ2v) is 4.03. The van der Waals surface area contributed by atoms with Crippen molar-refractivity contribution in [3.8, 4) is 0 Å². The van der Waals surface area contributed by atoms with Crippen molar-refractivity contribution in [1.82, 2.24) is 0 Å². The van der Waals surface area contributed by atoms with E-state index >= 15 is 0 Å². The molecule has 0 spiro atoms. The molecule has 0 atom stereocenters. The summed E-state index contributed by atoms with van der Waals surface area (Å²) in [5.74, 6) is -1.12. The molecule has 0 aromatic carbocycles. The first-order valence-corrected chi connectivity index (χ1v) is 4.33. The first-order chi connectivity index (χ1) is 6.38. The topological polar surface area (TPSA) is 59.7 Å². The van der Waals surface area contributed by atoms with Crippen molar-refractivity contribution in [2.45, 2.75) is 33.0 Å². The third-order valence-electron chi connectivity index (χ3n) is 1.54. The zero-order valence-electron chi connectivity index (χ0n) is 8.53. The quantitative estimate of drug-likeness (QED) is 0.809. The highest BCUT2D eigenvalue weighted by Gasteiger charge is 2.13. The van der Waals surface area contributed by atoms with Crippen LogP contribution in [0.25, 0.3) is 0 Å². The van der Waals surface area contributed by atoms with Crippen LogP contribution in [0.15, 0.2) is 16.7 Å². The maximum Gasteiger partial charge on any atom is 0.371 e. The average molecular weight is 198 g/mol. The number of rotatable bonds is 3. The molecule has 0 aliphatic rings. The number of aromatic carboxylic acids is 1. The van der Waals surface area contributed by atoms with Crippen LogP contribution in [0.2, 0.25) is 0 Å². The number of hydrogen-bond donors (Lipinski definition) is 1. The zero-order chi connectivity index (χ0) is 10.8. The van der Waals surface area contributed by atoms with Gasteiger partial charge in [0.05, 0.1) is 18.5 Å². The summed E-state index contributed by atoms with van der Waals surface area (Å²) in [6, 6.07) is 1.47. The standard InChI is InChI=1S/C10H14O4/c1-10(2,3)14-6-7-4-8(9(11)12)13-5-7/h4-5H,6H2,1-3H3,(H,11,12). The molecule has 4 heteroatoms. The predicted octanol–water partition coefficient (Wildman–Crippen LogP) is 2.29. The van der Waals surface area contributed by atoms with Gasteiger partial charge in [0.15, 0.2) is 0 Å². The Morgan fingerprint density at radius 3 is 2.64 bits per heavy atom. The van der Waals surface area contributed by atoms with Gasteiger partial charge in [0.25, 0.3) is 0 Å². The van der Waals surface area contributed by atoms with E-state index in [4.69, 9.17) is 14.3 Å². The number of hydrogen-bond acceptors (Lipinski definition) is 3. The Kier molecular flexibility index (Phi) is 2.96. The van der Waals surface area contributed by atoms with E-state index in [1.807, 2.05) is 20.8 Å². The molecule has 4 nitrogen and oxygen atoms in total. The summed E-state index contributed by atoms with van der Waals surface area (Å²) in [4.78, 5) is 10.5. The van der Waals surface area contributed by atoms with Crippen LogP contribution in [0.1, 0.15) is 36.9 Å². The molecule has 1 aromatic rings. The summed E-state index contributed by atoms with van der Waals surface area (Å²) < 4.78 is 10.3. The van der Waals surface area contributed by atoms with Gasteiger partial charge in [0.1, 0.15) is 0 Å². The van der Waals surface area contributed by atoms with Gasteiger partial charge in [0, 0.05) is 5.56 Å². The number of furan rings is 1. The molecule has 0 amide bonds. The molecule has 0 saturated heterocycles. The van der Waals surface area contributed by atoms with Crippen LogP contribution in [-0.2, 0) is 11.3 Å². The van der Waals surface area contributed by atoms with Crippen LogP contribution in [0.5, 0.6) is 0 Å². The van der Waals surface area contributed by atoms with E-state index < -0.39 is 5.97 Å². The summed E-state index contributed by atoms with van der Waals surface area (Å²) in [6.07, 6.45) is 1.40. The monoisotopic (exact) mass is 198 g/mol. The number of ether oxygens (including phenoxy) is 1. The fourth-order valence-electron chi connectivity index (χ4n) is 0.863. The third kappa shape index (κ3) is 3.22. The van der Waals surface area contributed by atoms with E-state index in [2.05, 4.69) is 0 Å². The minimum Gasteiger partial charge on any atom is -0.475 e. The molecule has 78 valence electrons. The predicted molar refractivity (Wildman–Crippen MR) is 50.2 cm³/mol. The molecule has 1 N–H and O–H groups in total. The van der Waals surface area contributed by atoms with E-state index in [1.54, 1.807) is 0 Å². The van der Waals surface area contributed by atoms with Crippen LogP contribution < -0.4 is 0 Å². The van der Waals surface area contributed by atoms with Crippen LogP contribution in [-0.4, -0.2) is 16.7 Å². The fraction of sp³-hybridized carbons (Fsp3) is 0.500. The highest BCUT2D eigenvalue weighted by Crippen LogP contribution is 2.14. The lowest BCUT2D eigenvalue weighted by Crippen LogP contribution is -2.18. The second-order valence-electron chi connectivity index (χ2n) is 4.03. The van der Waals surface area contributed by atoms with Gasteiger partial charge in [-0.2, -0.15) is 0 Å². The van der Waals surface area contributed by atoms with Crippen molar-refractivity contribution in [3.63, 3.8) is 0 Å². The van der Waals surface area contributed by atoms with E-state index in [0.717, 1.165) is 5.56 Å². The molecular weight excluding hydrogens is 184 g/mol. The molecule has 14 heavy (non-hydrogen) atoms. The normalized spacial score (nSPS) is 11.6. The van der Waals surface area contributed by atoms with Crippen LogP contribution >= 0.6 is 0 Å². The molecule has 0 aliphatic carbocycles. The summed E-state index contributed by atoms with van der Waals surface area (Å²) in [7, 11) is 0. The Hall–Kier alpha value is -1.29. The Labute approximate surface area is 82.5 Å². The summed E-state index contributed by atoms with van der Waals surface area (Å²) >= 11 is 0. The molecular formula is C10H14O4. The highest BCUT2D eigenvalue weighted by atomic mass is 16.5. The lowest BCUT2D eigenvalue weighted by atomic mass is 10.2. The Balaban J connectivity index is 2.56. The van der Waals surface area contributed by atoms with Gasteiger partial charge in [-0.3, -0.25) is 0 Å². The Morgan fingerprint density at radius 2 is 2.21 bits per heavy atom. The maximum atomic E-state index is 10.5. The van der Waals surface area contributed by atoms with Crippen molar-refractivity contribution in [2.24, 2.45) is 0 Å². The molecule has 0 unspecified atom stereocenters. The van der Waals surface area contributed by atoms with Gasteiger partial charge in [-0.05, 0) is 26.8 Å². The van der Waals surface area contributed by atoms with Crippen molar-refractivity contribution in [2.75, 3.05) is 0 Å². The molecule has 1 aromatic heterocycles. The van der Waals surface area contributed by atoms with Crippen LogP contribution in [0.4, 0.5) is 0 Å². The smallest absolute Gasteiger partial charge is 0.371 e. The molecule has 0 radical (unpaired) electrons. The molecule has 1 rings (SSSR count). The molecule has 0 bridgehead atoms. The van der Waals surface area contributed by atoms with Gasteiger partial charge in [-0.15, -0.1) is 0 Å². The van der Waals surface area contributed by atoms with Gasteiger partial charge in [0.2, 0.25) is 5.76 Å². The Bertz CT molecular complexity index is 319. The van der Waals surface area contributed by atoms with E-state index in [9.17, 15) is 4.79 Å². The van der Waals surface area contributed by atoms with Crippen molar-refractivity contribution >= 4 is 5.97 Å². The fourth-order valence-corrected chi connectivity index (χ4v) is 0.863. The summed E-state index contributed by atoms with van der Waals surface area (Å²) in [5, 5.41) is 8.59. The van der Waals surface area contributed by atoms with Crippen molar-refractivity contribution in [1.29, 1.82) is 0 Å². The lowest BCUT2D eigenvalue weighted by molar-refractivity contribution is -0.0151. The third-order valence-corrected chi connectivity index (χ3v) is 1.54. The first-order valence-electron chi connectivity index (χ1n) is 4.33. The minimum absolute atomic E-state index is 0.0579. The molecule has 0 aliphatic heterocycles. The average Bonchev–Trinajstić information content (AvgIpc) is 2.47. The van der Waals surface area contributed by atoms with Crippen molar-refractivity contribution < 1.29 is 19.1 Å². The van der Waals surface area contributed by atoms with Crippen LogP contribution in [0, 0.1) is 0 Å². The second kappa shape index (κ2) is 3.84. The molecule has 0 saturated carbocycles. The molecule has 0 fully saturated rings.